The van der Waals surface area contributed by atoms with Gasteiger partial charge in [-0.1, -0.05) is 19.1 Å². The van der Waals surface area contributed by atoms with Gasteiger partial charge >= 0.3 is 0 Å². The molecule has 0 heterocycles. The van der Waals surface area contributed by atoms with Gasteiger partial charge in [0.25, 0.3) is 0 Å². The highest BCUT2D eigenvalue weighted by Crippen LogP contribution is 2.30. The molecule has 2 rings (SSSR count). The van der Waals surface area contributed by atoms with Gasteiger partial charge in [-0.15, -0.1) is 0 Å². The van der Waals surface area contributed by atoms with Crippen molar-refractivity contribution in [3.8, 4) is 0 Å². The molecular weight excluding hydrogens is 258 g/mol. The first-order valence-corrected chi connectivity index (χ1v) is 8.62. The van der Waals surface area contributed by atoms with Crippen molar-refractivity contribution in [3.05, 3.63) is 29.8 Å². The molecule has 1 aromatic carbocycles. The van der Waals surface area contributed by atoms with Crippen LogP contribution < -0.4 is 5.32 Å². The molecule has 1 saturated carbocycles. The molecule has 2 atom stereocenters. The fourth-order valence-corrected chi connectivity index (χ4v) is 4.68. The van der Waals surface area contributed by atoms with Crippen LogP contribution in [0, 0.1) is 6.92 Å². The quantitative estimate of drug-likeness (QED) is 0.902. The van der Waals surface area contributed by atoms with Crippen LogP contribution in [0.3, 0.4) is 0 Å². The molecular formula is C15H23NO2S. The van der Waals surface area contributed by atoms with E-state index in [4.69, 9.17) is 0 Å². The second kappa shape index (κ2) is 6.06. The molecule has 0 amide bonds. The average Bonchev–Trinajstić information content (AvgIpc) is 2.86. The molecule has 1 fully saturated rings. The zero-order chi connectivity index (χ0) is 13.9. The van der Waals surface area contributed by atoms with Gasteiger partial charge in [0.2, 0.25) is 0 Å². The fraction of sp³-hybridized carbons (Fsp3) is 0.600. The molecule has 0 spiro atoms. The normalized spacial score (nSPS) is 23.7. The lowest BCUT2D eigenvalue weighted by atomic mass is 10.2. The number of hydrogen-bond acceptors (Lipinski definition) is 3. The van der Waals surface area contributed by atoms with Crippen LogP contribution >= 0.6 is 0 Å². The van der Waals surface area contributed by atoms with E-state index in [-0.39, 0.29) is 5.25 Å². The van der Waals surface area contributed by atoms with Crippen LogP contribution in [0.1, 0.15) is 38.2 Å². The lowest BCUT2D eigenvalue weighted by Crippen LogP contribution is -2.29. The maximum atomic E-state index is 12.6. The number of benzene rings is 1. The van der Waals surface area contributed by atoms with Crippen molar-refractivity contribution in [2.75, 3.05) is 6.54 Å². The third-order valence-electron chi connectivity index (χ3n) is 3.82. The van der Waals surface area contributed by atoms with Crippen LogP contribution in [0.25, 0.3) is 0 Å². The maximum Gasteiger partial charge on any atom is 0.181 e. The van der Waals surface area contributed by atoms with Crippen LogP contribution in [0.2, 0.25) is 0 Å². The SMILES string of the molecule is CCCNC1CCC(S(=O)(=O)c2cccc(C)c2)C1. The molecule has 0 radical (unpaired) electrons. The molecule has 0 aliphatic heterocycles. The van der Waals surface area contributed by atoms with Crippen LogP contribution in [0.15, 0.2) is 29.2 Å². The molecule has 106 valence electrons. The summed E-state index contributed by atoms with van der Waals surface area (Å²) in [5.41, 5.74) is 1.000. The van der Waals surface area contributed by atoms with Gasteiger partial charge in [0, 0.05) is 6.04 Å². The van der Waals surface area contributed by atoms with E-state index in [1.807, 2.05) is 19.1 Å². The topological polar surface area (TPSA) is 46.2 Å². The van der Waals surface area contributed by atoms with Gasteiger partial charge in [-0.05, 0) is 56.8 Å². The Morgan fingerprint density at radius 1 is 1.32 bits per heavy atom. The molecule has 1 N–H and O–H groups in total. The molecule has 2 unspecified atom stereocenters. The van der Waals surface area contributed by atoms with Crippen molar-refractivity contribution in [2.24, 2.45) is 0 Å². The van der Waals surface area contributed by atoms with E-state index >= 15 is 0 Å². The van der Waals surface area contributed by atoms with E-state index in [1.54, 1.807) is 12.1 Å². The molecule has 4 heteroatoms. The second-order valence-electron chi connectivity index (χ2n) is 5.45. The van der Waals surface area contributed by atoms with Gasteiger partial charge < -0.3 is 5.32 Å². The minimum Gasteiger partial charge on any atom is -0.314 e. The van der Waals surface area contributed by atoms with Crippen molar-refractivity contribution >= 4 is 9.84 Å². The largest absolute Gasteiger partial charge is 0.314 e. The Morgan fingerprint density at radius 2 is 2.11 bits per heavy atom. The fourth-order valence-electron chi connectivity index (χ4n) is 2.74. The molecule has 0 bridgehead atoms. The van der Waals surface area contributed by atoms with E-state index in [1.165, 1.54) is 0 Å². The summed E-state index contributed by atoms with van der Waals surface area (Å²) in [5, 5.41) is 3.21. The molecule has 1 aromatic rings. The predicted molar refractivity (Wildman–Crippen MR) is 78.1 cm³/mol. The number of sulfone groups is 1. The van der Waals surface area contributed by atoms with E-state index in [9.17, 15) is 8.42 Å². The van der Waals surface area contributed by atoms with E-state index in [0.29, 0.717) is 10.9 Å². The number of hydrogen-bond donors (Lipinski definition) is 1. The molecule has 0 saturated heterocycles. The van der Waals surface area contributed by atoms with Gasteiger partial charge in [0.15, 0.2) is 9.84 Å². The van der Waals surface area contributed by atoms with E-state index < -0.39 is 9.84 Å². The van der Waals surface area contributed by atoms with E-state index in [2.05, 4.69) is 12.2 Å². The van der Waals surface area contributed by atoms with Crippen molar-refractivity contribution in [3.63, 3.8) is 0 Å². The lowest BCUT2D eigenvalue weighted by molar-refractivity contribution is 0.520. The Bertz CT molecular complexity index is 525. The standard InChI is InChI=1S/C15H23NO2S/c1-3-9-16-13-7-8-15(11-13)19(17,18)14-6-4-5-12(2)10-14/h4-6,10,13,15-16H,3,7-9,11H2,1-2H3. The third-order valence-corrected chi connectivity index (χ3v) is 6.04. The van der Waals surface area contributed by atoms with Crippen LogP contribution in [0.5, 0.6) is 0 Å². The van der Waals surface area contributed by atoms with Gasteiger partial charge in [-0.25, -0.2) is 8.42 Å². The summed E-state index contributed by atoms with van der Waals surface area (Å²) in [6.07, 6.45) is 3.58. The summed E-state index contributed by atoms with van der Waals surface area (Å²) in [7, 11) is -3.16. The highest BCUT2D eigenvalue weighted by atomic mass is 32.2. The zero-order valence-corrected chi connectivity index (χ0v) is 12.5. The zero-order valence-electron chi connectivity index (χ0n) is 11.7. The first kappa shape index (κ1) is 14.5. The summed E-state index contributed by atoms with van der Waals surface area (Å²) in [5.74, 6) is 0. The highest BCUT2D eigenvalue weighted by Gasteiger charge is 2.34. The number of aryl methyl sites for hydroxylation is 1. The minimum absolute atomic E-state index is 0.219. The average molecular weight is 281 g/mol. The van der Waals surface area contributed by atoms with Gasteiger partial charge in [0.1, 0.15) is 0 Å². The van der Waals surface area contributed by atoms with E-state index in [0.717, 1.165) is 37.8 Å². The summed E-state index contributed by atoms with van der Waals surface area (Å²) < 4.78 is 25.2. The summed E-state index contributed by atoms with van der Waals surface area (Å²) >= 11 is 0. The van der Waals surface area contributed by atoms with Crippen molar-refractivity contribution in [1.82, 2.24) is 5.32 Å². The van der Waals surface area contributed by atoms with Crippen molar-refractivity contribution in [1.29, 1.82) is 0 Å². The molecule has 1 aliphatic carbocycles. The van der Waals surface area contributed by atoms with Crippen molar-refractivity contribution < 1.29 is 8.42 Å². The monoisotopic (exact) mass is 281 g/mol. The van der Waals surface area contributed by atoms with Gasteiger partial charge in [-0.3, -0.25) is 0 Å². The van der Waals surface area contributed by atoms with Crippen molar-refractivity contribution in [2.45, 2.75) is 55.7 Å². The Morgan fingerprint density at radius 3 is 2.79 bits per heavy atom. The Hall–Kier alpha value is -0.870. The molecule has 0 aromatic heterocycles. The van der Waals surface area contributed by atoms with Gasteiger partial charge in [0.05, 0.1) is 10.1 Å². The molecule has 3 nitrogen and oxygen atoms in total. The third kappa shape index (κ3) is 3.37. The Kier molecular flexibility index (Phi) is 4.63. The summed E-state index contributed by atoms with van der Waals surface area (Å²) in [4.78, 5) is 0.480. The van der Waals surface area contributed by atoms with Crippen LogP contribution in [0.4, 0.5) is 0 Å². The minimum atomic E-state index is -3.16. The van der Waals surface area contributed by atoms with Crippen LogP contribution in [-0.2, 0) is 9.84 Å². The Balaban J connectivity index is 2.09. The first-order valence-electron chi connectivity index (χ1n) is 7.08. The summed E-state index contributed by atoms with van der Waals surface area (Å²) in [6, 6.07) is 7.62. The molecule has 1 aliphatic rings. The second-order valence-corrected chi connectivity index (χ2v) is 7.68. The summed E-state index contributed by atoms with van der Waals surface area (Å²) in [6.45, 7) is 5.03. The smallest absolute Gasteiger partial charge is 0.181 e. The lowest BCUT2D eigenvalue weighted by Gasteiger charge is -2.14. The first-order chi connectivity index (χ1) is 9.04. The predicted octanol–water partition coefficient (Wildman–Crippen LogP) is 2.69. The Labute approximate surface area is 116 Å². The highest BCUT2D eigenvalue weighted by molar-refractivity contribution is 7.92. The molecule has 19 heavy (non-hydrogen) atoms. The number of rotatable bonds is 5. The van der Waals surface area contributed by atoms with Crippen LogP contribution in [-0.4, -0.2) is 26.3 Å². The number of nitrogens with one attached hydrogen (secondary N) is 1. The van der Waals surface area contributed by atoms with Gasteiger partial charge in [-0.2, -0.15) is 0 Å². The maximum absolute atomic E-state index is 12.6.